The van der Waals surface area contributed by atoms with E-state index in [1.54, 1.807) is 4.90 Å². The molecule has 1 aliphatic heterocycles. The fraction of sp³-hybridized carbons (Fsp3) is 0.600. The number of aromatic nitrogens is 1. The maximum absolute atomic E-state index is 13.6. The molecule has 0 atom stereocenters. The molecule has 1 amide bonds. The first kappa shape index (κ1) is 14.0. The minimum atomic E-state index is -0.537. The van der Waals surface area contributed by atoms with Crippen molar-refractivity contribution in [2.24, 2.45) is 11.3 Å². The van der Waals surface area contributed by atoms with Crippen LogP contribution in [-0.4, -0.2) is 28.9 Å². The largest absolute Gasteiger partial charge is 0.339 e. The summed E-state index contributed by atoms with van der Waals surface area (Å²) >= 11 is 0. The van der Waals surface area contributed by atoms with Crippen LogP contribution in [0.1, 0.15) is 44.0 Å². The van der Waals surface area contributed by atoms with Crippen molar-refractivity contribution in [3.8, 4) is 0 Å². The van der Waals surface area contributed by atoms with E-state index in [0.29, 0.717) is 19.0 Å². The molecular formula is C15H21FN2O. The summed E-state index contributed by atoms with van der Waals surface area (Å²) in [5, 5.41) is 0. The predicted octanol–water partition coefficient (Wildman–Crippen LogP) is 3.12. The summed E-state index contributed by atoms with van der Waals surface area (Å²) in [6.45, 7) is 8.12. The van der Waals surface area contributed by atoms with E-state index in [1.165, 1.54) is 12.3 Å². The first-order valence-electron chi connectivity index (χ1n) is 6.78. The molecule has 0 N–H and O–H groups in total. The van der Waals surface area contributed by atoms with Gasteiger partial charge in [0.2, 0.25) is 0 Å². The molecule has 1 saturated heterocycles. The third-order valence-electron chi connectivity index (χ3n) is 4.01. The number of hydrogen-bond acceptors (Lipinski definition) is 2. The van der Waals surface area contributed by atoms with Gasteiger partial charge in [-0.3, -0.25) is 9.78 Å². The molecule has 1 aromatic heterocycles. The zero-order chi connectivity index (χ0) is 14.0. The van der Waals surface area contributed by atoms with Gasteiger partial charge in [0.25, 0.3) is 5.91 Å². The van der Waals surface area contributed by atoms with Crippen LogP contribution in [0.3, 0.4) is 0 Å². The monoisotopic (exact) mass is 264 g/mol. The highest BCUT2D eigenvalue weighted by Gasteiger charge is 2.31. The van der Waals surface area contributed by atoms with Crippen molar-refractivity contribution in [1.82, 2.24) is 9.88 Å². The Labute approximate surface area is 113 Å². The van der Waals surface area contributed by atoms with Crippen LogP contribution in [0.25, 0.3) is 0 Å². The van der Waals surface area contributed by atoms with Gasteiger partial charge in [-0.2, -0.15) is 0 Å². The predicted molar refractivity (Wildman–Crippen MR) is 72.3 cm³/mol. The number of carbonyl (C=O) groups excluding carboxylic acids is 1. The molecule has 0 bridgehead atoms. The molecule has 0 radical (unpaired) electrons. The lowest BCUT2D eigenvalue weighted by Gasteiger charge is -2.38. The molecule has 0 saturated carbocycles. The lowest BCUT2D eigenvalue weighted by atomic mass is 9.75. The van der Waals surface area contributed by atoms with E-state index in [1.807, 2.05) is 0 Å². The van der Waals surface area contributed by atoms with Gasteiger partial charge in [-0.1, -0.05) is 20.8 Å². The highest BCUT2D eigenvalue weighted by atomic mass is 19.1. The van der Waals surface area contributed by atoms with Crippen molar-refractivity contribution in [2.75, 3.05) is 13.1 Å². The summed E-state index contributed by atoms with van der Waals surface area (Å²) in [7, 11) is 0. The number of piperidine rings is 1. The summed E-state index contributed by atoms with van der Waals surface area (Å²) in [6.07, 6.45) is 4.53. The van der Waals surface area contributed by atoms with Gasteiger partial charge in [-0.15, -0.1) is 0 Å². The molecule has 0 unspecified atom stereocenters. The van der Waals surface area contributed by atoms with Gasteiger partial charge >= 0.3 is 0 Å². The van der Waals surface area contributed by atoms with Crippen LogP contribution in [0.2, 0.25) is 0 Å². The third kappa shape index (κ3) is 3.11. The Balaban J connectivity index is 2.03. The van der Waals surface area contributed by atoms with Gasteiger partial charge in [-0.25, -0.2) is 4.39 Å². The normalized spacial score (nSPS) is 17.6. The number of hydrogen-bond donors (Lipinski definition) is 0. The number of nitrogens with zero attached hydrogens (tertiary/aromatic N) is 2. The summed E-state index contributed by atoms with van der Waals surface area (Å²) in [5.41, 5.74) is 0.404. The van der Waals surface area contributed by atoms with E-state index in [4.69, 9.17) is 0 Å². The highest BCUT2D eigenvalue weighted by molar-refractivity contribution is 5.94. The van der Waals surface area contributed by atoms with E-state index in [0.717, 1.165) is 19.0 Å². The van der Waals surface area contributed by atoms with E-state index in [-0.39, 0.29) is 16.9 Å². The zero-order valence-electron chi connectivity index (χ0n) is 11.8. The number of pyridine rings is 1. The Morgan fingerprint density at radius 3 is 2.53 bits per heavy atom. The van der Waals surface area contributed by atoms with Crippen LogP contribution in [0.5, 0.6) is 0 Å². The van der Waals surface area contributed by atoms with Crippen LogP contribution in [0.4, 0.5) is 4.39 Å². The van der Waals surface area contributed by atoms with E-state index < -0.39 is 5.82 Å². The number of likely N-dealkylation sites (tertiary alicyclic amines) is 1. The molecule has 2 heterocycles. The second kappa shape index (κ2) is 5.27. The summed E-state index contributed by atoms with van der Waals surface area (Å²) in [6, 6.07) is 1.45. The van der Waals surface area contributed by atoms with Crippen LogP contribution >= 0.6 is 0 Å². The lowest BCUT2D eigenvalue weighted by molar-refractivity contribution is 0.0604. The Morgan fingerprint density at radius 2 is 2.00 bits per heavy atom. The van der Waals surface area contributed by atoms with Crippen molar-refractivity contribution in [1.29, 1.82) is 0 Å². The standard InChI is InChI=1S/C15H21FN2O/c1-15(2,3)11-5-8-18(9-6-11)14(19)12-4-7-17-10-13(12)16/h4,7,10-11H,5-6,8-9H2,1-3H3. The van der Waals surface area contributed by atoms with Crippen LogP contribution in [0.15, 0.2) is 18.5 Å². The molecule has 19 heavy (non-hydrogen) atoms. The molecule has 0 aliphatic carbocycles. The van der Waals surface area contributed by atoms with E-state index in [2.05, 4.69) is 25.8 Å². The van der Waals surface area contributed by atoms with Crippen molar-refractivity contribution in [3.63, 3.8) is 0 Å². The van der Waals surface area contributed by atoms with Crippen LogP contribution in [-0.2, 0) is 0 Å². The third-order valence-corrected chi connectivity index (χ3v) is 4.01. The Morgan fingerprint density at radius 1 is 1.37 bits per heavy atom. The van der Waals surface area contributed by atoms with Gasteiger partial charge in [-0.05, 0) is 30.2 Å². The first-order valence-corrected chi connectivity index (χ1v) is 6.78. The molecular weight excluding hydrogens is 243 g/mol. The molecule has 1 aliphatic rings. The minimum Gasteiger partial charge on any atom is -0.339 e. The van der Waals surface area contributed by atoms with Crippen LogP contribution < -0.4 is 0 Å². The molecule has 0 aromatic carbocycles. The van der Waals surface area contributed by atoms with Crippen molar-refractivity contribution < 1.29 is 9.18 Å². The molecule has 1 fully saturated rings. The van der Waals surface area contributed by atoms with Gasteiger partial charge in [0, 0.05) is 19.3 Å². The quantitative estimate of drug-likeness (QED) is 0.780. The van der Waals surface area contributed by atoms with Gasteiger partial charge < -0.3 is 4.90 Å². The fourth-order valence-electron chi connectivity index (χ4n) is 2.67. The Kier molecular flexibility index (Phi) is 3.88. The van der Waals surface area contributed by atoms with Crippen molar-refractivity contribution in [3.05, 3.63) is 29.8 Å². The summed E-state index contributed by atoms with van der Waals surface area (Å²) in [4.78, 5) is 17.7. The average molecular weight is 264 g/mol. The van der Waals surface area contributed by atoms with Gasteiger partial charge in [0.15, 0.2) is 5.82 Å². The number of rotatable bonds is 1. The number of halogens is 1. The van der Waals surface area contributed by atoms with E-state index in [9.17, 15) is 9.18 Å². The van der Waals surface area contributed by atoms with Crippen molar-refractivity contribution >= 4 is 5.91 Å². The molecule has 2 rings (SSSR count). The fourth-order valence-corrected chi connectivity index (χ4v) is 2.67. The Bertz CT molecular complexity index is 459. The van der Waals surface area contributed by atoms with E-state index >= 15 is 0 Å². The van der Waals surface area contributed by atoms with Gasteiger partial charge in [0.1, 0.15) is 0 Å². The molecule has 4 heteroatoms. The average Bonchev–Trinajstić information content (AvgIpc) is 2.38. The summed E-state index contributed by atoms with van der Waals surface area (Å²) < 4.78 is 13.6. The van der Waals surface area contributed by atoms with Crippen molar-refractivity contribution in [2.45, 2.75) is 33.6 Å². The second-order valence-electron chi connectivity index (χ2n) is 6.29. The maximum Gasteiger partial charge on any atom is 0.256 e. The minimum absolute atomic E-state index is 0.129. The topological polar surface area (TPSA) is 33.2 Å². The lowest BCUT2D eigenvalue weighted by Crippen LogP contribution is -2.41. The maximum atomic E-state index is 13.6. The van der Waals surface area contributed by atoms with Gasteiger partial charge in [0.05, 0.1) is 11.8 Å². The second-order valence-corrected chi connectivity index (χ2v) is 6.29. The Hall–Kier alpha value is -1.45. The molecule has 1 aromatic rings. The molecule has 0 spiro atoms. The highest BCUT2D eigenvalue weighted by Crippen LogP contribution is 2.34. The SMILES string of the molecule is CC(C)(C)C1CCN(C(=O)c2ccncc2F)CC1. The van der Waals surface area contributed by atoms with Crippen LogP contribution in [0, 0.1) is 17.2 Å². The zero-order valence-corrected chi connectivity index (χ0v) is 11.8. The smallest absolute Gasteiger partial charge is 0.256 e. The number of carbonyl (C=O) groups is 1. The number of amides is 1. The first-order chi connectivity index (χ1) is 8.89. The molecule has 104 valence electrons. The molecule has 3 nitrogen and oxygen atoms in total. The summed E-state index contributed by atoms with van der Waals surface area (Å²) in [5.74, 6) is -0.128.